The molecule has 0 saturated heterocycles. The largest absolute Gasteiger partial charge is 0.454 e. The van der Waals surface area contributed by atoms with Gasteiger partial charge in [-0.05, 0) is 29.8 Å². The molecule has 2 aromatic rings. The Bertz CT molecular complexity index is 774. The minimum Gasteiger partial charge on any atom is -0.454 e. The van der Waals surface area contributed by atoms with Crippen LogP contribution in [0.4, 0.5) is 11.4 Å². The number of hydrogen-bond acceptors (Lipinski definition) is 5. The van der Waals surface area contributed by atoms with Crippen molar-refractivity contribution in [3.8, 4) is 11.5 Å². The summed E-state index contributed by atoms with van der Waals surface area (Å²) in [5, 5.41) is 0. The molecule has 3 N–H and O–H groups in total. The summed E-state index contributed by atoms with van der Waals surface area (Å²) in [6.07, 6.45) is 0. The van der Waals surface area contributed by atoms with Gasteiger partial charge in [0.1, 0.15) is 0 Å². The lowest BCUT2D eigenvalue weighted by Gasteiger charge is -2.09. The van der Waals surface area contributed by atoms with Gasteiger partial charge in [-0.2, -0.15) is 0 Å². The van der Waals surface area contributed by atoms with E-state index in [2.05, 4.69) is 4.72 Å². The van der Waals surface area contributed by atoms with E-state index in [0.29, 0.717) is 28.4 Å². The maximum atomic E-state index is 12.2. The zero-order valence-corrected chi connectivity index (χ0v) is 11.9. The van der Waals surface area contributed by atoms with E-state index in [-0.39, 0.29) is 12.5 Å². The molecule has 0 radical (unpaired) electrons. The molecule has 0 amide bonds. The van der Waals surface area contributed by atoms with E-state index in [4.69, 9.17) is 15.2 Å². The first kappa shape index (κ1) is 13.6. The Kier molecular flexibility index (Phi) is 3.34. The molecule has 0 aromatic heterocycles. The van der Waals surface area contributed by atoms with E-state index in [9.17, 15) is 8.42 Å². The predicted octanol–water partition coefficient (Wildman–Crippen LogP) is 1.94. The molecule has 1 heterocycles. The first-order valence-electron chi connectivity index (χ1n) is 6.26. The van der Waals surface area contributed by atoms with Gasteiger partial charge in [0.2, 0.25) is 16.8 Å². The van der Waals surface area contributed by atoms with Gasteiger partial charge in [-0.3, -0.25) is 4.72 Å². The van der Waals surface area contributed by atoms with Crippen molar-refractivity contribution >= 4 is 21.4 Å². The summed E-state index contributed by atoms with van der Waals surface area (Å²) in [4.78, 5) is 0. The number of nitrogens with two attached hydrogens (primary N) is 1. The monoisotopic (exact) mass is 306 g/mol. The number of rotatable bonds is 4. The molecule has 110 valence electrons. The van der Waals surface area contributed by atoms with Crippen LogP contribution < -0.4 is 19.9 Å². The van der Waals surface area contributed by atoms with Crippen LogP contribution in [-0.4, -0.2) is 15.2 Å². The smallest absolute Gasteiger partial charge is 0.236 e. The Morgan fingerprint density at radius 3 is 2.71 bits per heavy atom. The topological polar surface area (TPSA) is 90.7 Å². The third-order valence-electron chi connectivity index (χ3n) is 2.95. The molecule has 2 aromatic carbocycles. The van der Waals surface area contributed by atoms with Gasteiger partial charge in [-0.15, -0.1) is 0 Å². The standard InChI is InChI=1S/C14H14N2O4S/c15-11-3-1-2-10(6-11)8-21(17,18)16-12-4-5-13-14(7-12)20-9-19-13/h1-7,16H,8-9,15H2. The van der Waals surface area contributed by atoms with Crippen LogP contribution in [0, 0.1) is 0 Å². The van der Waals surface area contributed by atoms with E-state index in [1.165, 1.54) is 0 Å². The fourth-order valence-corrected chi connectivity index (χ4v) is 3.25. The minimum absolute atomic E-state index is 0.146. The SMILES string of the molecule is Nc1cccc(CS(=O)(=O)Nc2ccc3c(c2)OCO3)c1. The second-order valence-corrected chi connectivity index (χ2v) is 6.40. The van der Waals surface area contributed by atoms with Crippen molar-refractivity contribution in [2.45, 2.75) is 5.75 Å². The molecule has 21 heavy (non-hydrogen) atoms. The van der Waals surface area contributed by atoms with Crippen LogP contribution in [0.3, 0.4) is 0 Å². The van der Waals surface area contributed by atoms with Crippen molar-refractivity contribution in [3.63, 3.8) is 0 Å². The van der Waals surface area contributed by atoms with Crippen LogP contribution in [-0.2, 0) is 15.8 Å². The number of ether oxygens (including phenoxy) is 2. The van der Waals surface area contributed by atoms with Crippen LogP contribution in [0.2, 0.25) is 0 Å². The van der Waals surface area contributed by atoms with Crippen LogP contribution in [0.25, 0.3) is 0 Å². The first-order valence-corrected chi connectivity index (χ1v) is 7.92. The summed E-state index contributed by atoms with van der Waals surface area (Å²) in [5.74, 6) is 0.986. The Morgan fingerprint density at radius 1 is 1.10 bits per heavy atom. The average Bonchev–Trinajstić information content (AvgIpc) is 2.84. The summed E-state index contributed by atoms with van der Waals surface area (Å²) >= 11 is 0. The van der Waals surface area contributed by atoms with E-state index < -0.39 is 10.0 Å². The third kappa shape index (κ3) is 3.19. The molecule has 0 bridgehead atoms. The average molecular weight is 306 g/mol. The Balaban J connectivity index is 1.77. The van der Waals surface area contributed by atoms with E-state index >= 15 is 0 Å². The van der Waals surface area contributed by atoms with E-state index in [1.54, 1.807) is 42.5 Å². The summed E-state index contributed by atoms with van der Waals surface area (Å²) in [6.45, 7) is 0.148. The maximum Gasteiger partial charge on any atom is 0.236 e. The van der Waals surface area contributed by atoms with Crippen molar-refractivity contribution in [1.29, 1.82) is 0 Å². The highest BCUT2D eigenvalue weighted by atomic mass is 32.2. The molecule has 0 atom stereocenters. The molecule has 0 spiro atoms. The van der Waals surface area contributed by atoms with E-state index in [0.717, 1.165) is 0 Å². The number of hydrogen-bond donors (Lipinski definition) is 2. The number of benzene rings is 2. The molecule has 1 aliphatic heterocycles. The van der Waals surface area contributed by atoms with Gasteiger partial charge in [0.15, 0.2) is 11.5 Å². The minimum atomic E-state index is -3.52. The van der Waals surface area contributed by atoms with Gasteiger partial charge < -0.3 is 15.2 Å². The van der Waals surface area contributed by atoms with Crippen LogP contribution in [0.1, 0.15) is 5.56 Å². The number of nitrogens with one attached hydrogen (secondary N) is 1. The Labute approximate surface area is 122 Å². The van der Waals surface area contributed by atoms with Crippen molar-refractivity contribution in [3.05, 3.63) is 48.0 Å². The number of nitrogen functional groups attached to an aromatic ring is 1. The third-order valence-corrected chi connectivity index (χ3v) is 4.21. The van der Waals surface area contributed by atoms with Crippen LogP contribution in [0.15, 0.2) is 42.5 Å². The highest BCUT2D eigenvalue weighted by Gasteiger charge is 2.16. The second kappa shape index (κ2) is 5.17. The van der Waals surface area contributed by atoms with Crippen molar-refractivity contribution < 1.29 is 17.9 Å². The molecule has 0 fully saturated rings. The number of fused-ring (bicyclic) bond motifs is 1. The second-order valence-electron chi connectivity index (χ2n) is 4.67. The van der Waals surface area contributed by atoms with Gasteiger partial charge in [-0.25, -0.2) is 8.42 Å². The Hall–Kier alpha value is -2.41. The van der Waals surface area contributed by atoms with Gasteiger partial charge in [-0.1, -0.05) is 12.1 Å². The van der Waals surface area contributed by atoms with Crippen molar-refractivity contribution in [2.24, 2.45) is 0 Å². The molecule has 1 aliphatic rings. The highest BCUT2D eigenvalue weighted by molar-refractivity contribution is 7.91. The molecule has 0 saturated carbocycles. The molecular weight excluding hydrogens is 292 g/mol. The lowest BCUT2D eigenvalue weighted by Crippen LogP contribution is -2.15. The predicted molar refractivity (Wildman–Crippen MR) is 79.7 cm³/mol. The first-order chi connectivity index (χ1) is 10.0. The molecule has 3 rings (SSSR count). The maximum absolute atomic E-state index is 12.2. The van der Waals surface area contributed by atoms with Gasteiger partial charge in [0.25, 0.3) is 0 Å². The van der Waals surface area contributed by atoms with Crippen LogP contribution >= 0.6 is 0 Å². The number of sulfonamides is 1. The molecular formula is C14H14N2O4S. The van der Waals surface area contributed by atoms with Crippen molar-refractivity contribution in [1.82, 2.24) is 0 Å². The lowest BCUT2D eigenvalue weighted by molar-refractivity contribution is 0.174. The molecule has 6 nitrogen and oxygen atoms in total. The normalized spacial score (nSPS) is 13.1. The summed E-state index contributed by atoms with van der Waals surface area (Å²) in [7, 11) is -3.52. The zero-order chi connectivity index (χ0) is 14.9. The zero-order valence-electron chi connectivity index (χ0n) is 11.1. The summed E-state index contributed by atoms with van der Waals surface area (Å²) < 4.78 is 37.2. The number of anilines is 2. The van der Waals surface area contributed by atoms with E-state index in [1.807, 2.05) is 0 Å². The van der Waals surface area contributed by atoms with Crippen LogP contribution in [0.5, 0.6) is 11.5 Å². The fourth-order valence-electron chi connectivity index (χ4n) is 2.08. The van der Waals surface area contributed by atoms with Gasteiger partial charge >= 0.3 is 0 Å². The highest BCUT2D eigenvalue weighted by Crippen LogP contribution is 2.34. The lowest BCUT2D eigenvalue weighted by atomic mass is 10.2. The Morgan fingerprint density at radius 2 is 1.90 bits per heavy atom. The quantitative estimate of drug-likeness (QED) is 0.842. The van der Waals surface area contributed by atoms with Gasteiger partial charge in [0, 0.05) is 11.8 Å². The van der Waals surface area contributed by atoms with Crippen molar-refractivity contribution in [2.75, 3.05) is 17.2 Å². The molecule has 0 aliphatic carbocycles. The molecule has 0 unspecified atom stereocenters. The fraction of sp³-hybridized carbons (Fsp3) is 0.143. The van der Waals surface area contributed by atoms with Gasteiger partial charge in [0.05, 0.1) is 11.4 Å². The molecule has 7 heteroatoms. The summed E-state index contributed by atoms with van der Waals surface area (Å²) in [5.41, 5.74) is 7.24. The summed E-state index contributed by atoms with van der Waals surface area (Å²) in [6, 6.07) is 11.7.